The number of ether oxygens (including phenoxy) is 2. The smallest absolute Gasteiger partial charge is 0.154 e. The van der Waals surface area contributed by atoms with Gasteiger partial charge in [-0.15, -0.1) is 0 Å². The van der Waals surface area contributed by atoms with Gasteiger partial charge >= 0.3 is 0 Å². The first-order valence-corrected chi connectivity index (χ1v) is 13.5. The van der Waals surface area contributed by atoms with Crippen molar-refractivity contribution in [3.8, 4) is 11.5 Å². The van der Waals surface area contributed by atoms with Gasteiger partial charge in [-0.1, -0.05) is 43.7 Å². The normalized spacial score (nSPS) is 11.8. The molecule has 208 valence electrons. The zero-order valence-corrected chi connectivity index (χ0v) is 24.6. The van der Waals surface area contributed by atoms with Crippen LogP contribution in [0.5, 0.6) is 11.5 Å². The van der Waals surface area contributed by atoms with Crippen molar-refractivity contribution in [2.24, 2.45) is 0 Å². The molecular formula is C34H42O5. The molecule has 0 aliphatic heterocycles. The van der Waals surface area contributed by atoms with Gasteiger partial charge in [0.05, 0.1) is 25.3 Å². The van der Waals surface area contributed by atoms with Crippen molar-refractivity contribution >= 4 is 18.9 Å². The minimum Gasteiger partial charge on any atom is -0.496 e. The lowest BCUT2D eigenvalue weighted by Crippen LogP contribution is -1.98. The standard InChI is InChI=1S/C13H16O.C11H14O2.C10H12O2/c1-3-10-6-9(2)7-12(11-4-5-11)13(10)8-14;1-4-9-5-8(2)6-11(13-3)10(9)7-12;1-7-4-8(2)9(6-11)10(5-7)12-3/h6-8,11H,3-5H2,1-2H3;5-7H,4H2,1-3H3;4-6H,1-3H3. The molecule has 0 unspecified atom stereocenters. The minimum absolute atomic E-state index is 0.642. The Morgan fingerprint density at radius 1 is 0.641 bits per heavy atom. The maximum atomic E-state index is 11.1. The van der Waals surface area contributed by atoms with Crippen molar-refractivity contribution < 1.29 is 23.9 Å². The van der Waals surface area contributed by atoms with E-state index in [1.807, 2.05) is 52.0 Å². The van der Waals surface area contributed by atoms with Crippen molar-refractivity contribution in [3.05, 3.63) is 92.0 Å². The molecule has 5 nitrogen and oxygen atoms in total. The molecule has 0 atom stereocenters. The van der Waals surface area contributed by atoms with Crippen molar-refractivity contribution in [1.82, 2.24) is 0 Å². The van der Waals surface area contributed by atoms with Crippen LogP contribution in [-0.4, -0.2) is 33.1 Å². The van der Waals surface area contributed by atoms with E-state index in [1.54, 1.807) is 14.2 Å². The molecule has 0 heterocycles. The third kappa shape index (κ3) is 8.38. The maximum Gasteiger partial charge on any atom is 0.154 e. The number of aldehydes is 3. The molecule has 0 amide bonds. The zero-order valence-electron chi connectivity index (χ0n) is 24.6. The molecule has 0 radical (unpaired) electrons. The van der Waals surface area contributed by atoms with E-state index in [2.05, 4.69) is 26.0 Å². The fourth-order valence-electron chi connectivity index (χ4n) is 4.76. The molecule has 4 rings (SSSR count). The van der Waals surface area contributed by atoms with E-state index in [-0.39, 0.29) is 0 Å². The van der Waals surface area contributed by atoms with Gasteiger partial charge in [0.1, 0.15) is 11.5 Å². The molecule has 0 aromatic heterocycles. The van der Waals surface area contributed by atoms with Gasteiger partial charge in [0.25, 0.3) is 0 Å². The van der Waals surface area contributed by atoms with Gasteiger partial charge in [-0.05, 0) is 105 Å². The van der Waals surface area contributed by atoms with E-state index in [4.69, 9.17) is 9.47 Å². The van der Waals surface area contributed by atoms with Gasteiger partial charge in [0.2, 0.25) is 0 Å². The molecule has 0 spiro atoms. The first-order valence-electron chi connectivity index (χ1n) is 13.5. The van der Waals surface area contributed by atoms with Crippen LogP contribution in [0.1, 0.15) is 103 Å². The van der Waals surface area contributed by atoms with E-state index >= 15 is 0 Å². The summed E-state index contributed by atoms with van der Waals surface area (Å²) in [4.78, 5) is 32.5. The quantitative estimate of drug-likeness (QED) is 0.279. The number of carbonyl (C=O) groups excluding carboxylic acids is 3. The largest absolute Gasteiger partial charge is 0.496 e. The summed E-state index contributed by atoms with van der Waals surface area (Å²) in [6, 6.07) is 12.0. The van der Waals surface area contributed by atoms with E-state index in [1.165, 1.54) is 29.5 Å². The molecule has 3 aromatic rings. The van der Waals surface area contributed by atoms with Gasteiger partial charge in [-0.3, -0.25) is 14.4 Å². The summed E-state index contributed by atoms with van der Waals surface area (Å²) in [5, 5.41) is 0. The topological polar surface area (TPSA) is 69.7 Å². The number of aryl methyl sites for hydroxylation is 6. The monoisotopic (exact) mass is 530 g/mol. The van der Waals surface area contributed by atoms with Crippen LogP contribution in [0, 0.1) is 27.7 Å². The van der Waals surface area contributed by atoms with Crippen molar-refractivity contribution in [2.45, 2.75) is 73.1 Å². The number of hydrogen-bond donors (Lipinski definition) is 0. The summed E-state index contributed by atoms with van der Waals surface area (Å²) in [5.41, 5.74) is 10.3. The first-order chi connectivity index (χ1) is 18.7. The van der Waals surface area contributed by atoms with Crippen LogP contribution in [0.25, 0.3) is 0 Å². The highest BCUT2D eigenvalue weighted by Gasteiger charge is 2.27. The molecule has 3 aromatic carbocycles. The zero-order chi connectivity index (χ0) is 29.1. The third-order valence-corrected chi connectivity index (χ3v) is 6.88. The number of methoxy groups -OCH3 is 2. The van der Waals surface area contributed by atoms with E-state index in [0.717, 1.165) is 59.5 Å². The fourth-order valence-corrected chi connectivity index (χ4v) is 4.76. The third-order valence-electron chi connectivity index (χ3n) is 6.88. The van der Waals surface area contributed by atoms with E-state index in [0.29, 0.717) is 28.5 Å². The summed E-state index contributed by atoms with van der Waals surface area (Å²) < 4.78 is 10.2. The first kappa shape index (κ1) is 31.5. The number of rotatable bonds is 8. The summed E-state index contributed by atoms with van der Waals surface area (Å²) in [6.45, 7) is 12.1. The van der Waals surface area contributed by atoms with Gasteiger partial charge in [0, 0.05) is 5.56 Å². The summed E-state index contributed by atoms with van der Waals surface area (Å²) in [6.07, 6.45) is 7.04. The van der Waals surface area contributed by atoms with Crippen LogP contribution < -0.4 is 9.47 Å². The number of hydrogen-bond acceptors (Lipinski definition) is 5. The molecule has 5 heteroatoms. The van der Waals surface area contributed by atoms with Crippen LogP contribution >= 0.6 is 0 Å². The van der Waals surface area contributed by atoms with E-state index < -0.39 is 0 Å². The molecule has 1 saturated carbocycles. The second kappa shape index (κ2) is 15.0. The molecule has 0 bridgehead atoms. The van der Waals surface area contributed by atoms with Crippen LogP contribution in [0.3, 0.4) is 0 Å². The Bertz CT molecular complexity index is 1280. The average Bonchev–Trinajstić information content (AvgIpc) is 3.77. The van der Waals surface area contributed by atoms with Gasteiger partial charge in [-0.2, -0.15) is 0 Å². The predicted molar refractivity (Wildman–Crippen MR) is 158 cm³/mol. The van der Waals surface area contributed by atoms with Crippen LogP contribution in [0.2, 0.25) is 0 Å². The Labute approximate surface area is 233 Å². The molecule has 1 fully saturated rings. The Balaban J connectivity index is 0.000000206. The van der Waals surface area contributed by atoms with E-state index in [9.17, 15) is 14.4 Å². The second-order valence-corrected chi connectivity index (χ2v) is 10.00. The van der Waals surface area contributed by atoms with Gasteiger partial charge < -0.3 is 9.47 Å². The van der Waals surface area contributed by atoms with Crippen molar-refractivity contribution in [2.75, 3.05) is 14.2 Å². The minimum atomic E-state index is 0.642. The summed E-state index contributed by atoms with van der Waals surface area (Å²) in [7, 11) is 3.16. The van der Waals surface area contributed by atoms with Crippen LogP contribution in [-0.2, 0) is 12.8 Å². The van der Waals surface area contributed by atoms with Crippen LogP contribution in [0.4, 0.5) is 0 Å². The lowest BCUT2D eigenvalue weighted by molar-refractivity contribution is 0.111. The number of carbonyl (C=O) groups is 3. The molecule has 0 N–H and O–H groups in total. The van der Waals surface area contributed by atoms with Crippen molar-refractivity contribution in [3.63, 3.8) is 0 Å². The molecular weight excluding hydrogens is 488 g/mol. The lowest BCUT2D eigenvalue weighted by atomic mass is 9.95. The van der Waals surface area contributed by atoms with Gasteiger partial charge in [0.15, 0.2) is 18.9 Å². The molecule has 1 aliphatic rings. The fraction of sp³-hybridized carbons (Fsp3) is 0.382. The highest BCUT2D eigenvalue weighted by atomic mass is 16.5. The second-order valence-electron chi connectivity index (χ2n) is 10.00. The Kier molecular flexibility index (Phi) is 12.1. The highest BCUT2D eigenvalue weighted by Crippen LogP contribution is 2.42. The average molecular weight is 531 g/mol. The Hall–Kier alpha value is -3.73. The Morgan fingerprint density at radius 2 is 1.08 bits per heavy atom. The predicted octanol–water partition coefficient (Wildman–Crippen LogP) is 7.75. The summed E-state index contributed by atoms with van der Waals surface area (Å²) in [5.74, 6) is 2.00. The Morgan fingerprint density at radius 3 is 1.51 bits per heavy atom. The molecule has 0 saturated heterocycles. The SMILES string of the molecule is CCc1cc(C)cc(C2CC2)c1C=O.CCc1cc(C)cc(OC)c1C=O.COc1cc(C)cc(C)c1C=O. The molecule has 1 aliphatic carbocycles. The van der Waals surface area contributed by atoms with Gasteiger partial charge in [-0.25, -0.2) is 0 Å². The number of benzene rings is 3. The highest BCUT2D eigenvalue weighted by molar-refractivity contribution is 5.83. The molecule has 39 heavy (non-hydrogen) atoms. The van der Waals surface area contributed by atoms with Crippen molar-refractivity contribution in [1.29, 1.82) is 0 Å². The maximum absolute atomic E-state index is 11.1. The van der Waals surface area contributed by atoms with Crippen LogP contribution in [0.15, 0.2) is 36.4 Å². The lowest BCUT2D eigenvalue weighted by Gasteiger charge is -2.09. The summed E-state index contributed by atoms with van der Waals surface area (Å²) >= 11 is 0.